The maximum Gasteiger partial charge on any atom is 0.407 e. The monoisotopic (exact) mass is 390 g/mol. The van der Waals surface area contributed by atoms with Gasteiger partial charge in [0.25, 0.3) is 0 Å². The van der Waals surface area contributed by atoms with E-state index in [1.165, 1.54) is 0 Å². The molecule has 1 saturated heterocycles. The molecule has 0 saturated carbocycles. The Morgan fingerprint density at radius 3 is 2.75 bits per heavy atom. The molecule has 0 aromatic heterocycles. The Hall–Kier alpha value is -2.44. The highest BCUT2D eigenvalue weighted by Gasteiger charge is 2.27. The van der Waals surface area contributed by atoms with Crippen LogP contribution in [0.2, 0.25) is 0 Å². The molecule has 1 amide bonds. The molecule has 1 fully saturated rings. The Labute approximate surface area is 168 Å². The van der Waals surface area contributed by atoms with Crippen LogP contribution in [0.15, 0.2) is 29.3 Å². The third kappa shape index (κ3) is 6.94. The van der Waals surface area contributed by atoms with E-state index in [1.807, 2.05) is 39.0 Å². The van der Waals surface area contributed by atoms with Gasteiger partial charge in [0, 0.05) is 26.2 Å². The van der Waals surface area contributed by atoms with Gasteiger partial charge >= 0.3 is 6.09 Å². The van der Waals surface area contributed by atoms with Gasteiger partial charge in [-0.1, -0.05) is 18.2 Å². The van der Waals surface area contributed by atoms with E-state index >= 15 is 0 Å². The van der Waals surface area contributed by atoms with Gasteiger partial charge in [0.15, 0.2) is 5.96 Å². The smallest absolute Gasteiger partial charge is 0.407 e. The summed E-state index contributed by atoms with van der Waals surface area (Å²) in [6.45, 7) is 10.7. The summed E-state index contributed by atoms with van der Waals surface area (Å²) in [6.07, 6.45) is 1.32. The van der Waals surface area contributed by atoms with Crippen molar-refractivity contribution in [1.29, 1.82) is 0 Å². The number of ether oxygens (including phenoxy) is 2. The average molecular weight is 391 g/mol. The molecule has 0 radical (unpaired) electrons. The summed E-state index contributed by atoms with van der Waals surface area (Å²) in [4.78, 5) is 19.0. The maximum absolute atomic E-state index is 12.0. The van der Waals surface area contributed by atoms with E-state index in [4.69, 9.17) is 14.5 Å². The van der Waals surface area contributed by atoms with E-state index in [2.05, 4.69) is 28.5 Å². The first-order valence-corrected chi connectivity index (χ1v) is 9.97. The first-order chi connectivity index (χ1) is 13.3. The van der Waals surface area contributed by atoms with Gasteiger partial charge in [-0.15, -0.1) is 0 Å². The second-order valence-corrected chi connectivity index (χ2v) is 7.88. The molecule has 1 aliphatic heterocycles. The number of nitrogens with zero attached hydrogens (tertiary/aromatic N) is 2. The number of nitrogens with one attached hydrogen (secondary N) is 2. The van der Waals surface area contributed by atoms with Crippen LogP contribution >= 0.6 is 0 Å². The van der Waals surface area contributed by atoms with Gasteiger partial charge in [0.1, 0.15) is 11.4 Å². The zero-order valence-corrected chi connectivity index (χ0v) is 17.7. The van der Waals surface area contributed by atoms with Gasteiger partial charge in [0.2, 0.25) is 0 Å². The van der Waals surface area contributed by atoms with Crippen LogP contribution in [-0.2, 0) is 11.2 Å². The van der Waals surface area contributed by atoms with Crippen LogP contribution < -0.4 is 15.4 Å². The molecule has 0 aliphatic carbocycles. The van der Waals surface area contributed by atoms with E-state index in [0.29, 0.717) is 6.54 Å². The highest BCUT2D eigenvalue weighted by molar-refractivity contribution is 5.80. The number of benzene rings is 1. The van der Waals surface area contributed by atoms with Gasteiger partial charge in [-0.05, 0) is 52.2 Å². The SMILES string of the molecule is CCNC(=NCCc1ccccc1OC)N1CCC(NC(=O)OC(C)(C)C)C1. The van der Waals surface area contributed by atoms with Crippen molar-refractivity contribution >= 4 is 12.1 Å². The first kappa shape index (κ1) is 21.9. The number of alkyl carbamates (subject to hydrolysis) is 1. The minimum atomic E-state index is -0.489. The first-order valence-electron chi connectivity index (χ1n) is 9.97. The van der Waals surface area contributed by atoms with Crippen LogP contribution in [0.5, 0.6) is 5.75 Å². The summed E-state index contributed by atoms with van der Waals surface area (Å²) in [5, 5.41) is 6.31. The van der Waals surface area contributed by atoms with Gasteiger partial charge in [-0.2, -0.15) is 0 Å². The molecule has 1 aromatic rings. The number of aliphatic imine (C=N–C) groups is 1. The minimum absolute atomic E-state index is 0.0629. The second-order valence-electron chi connectivity index (χ2n) is 7.88. The number of methoxy groups -OCH3 is 1. The number of carbonyl (C=O) groups excluding carboxylic acids is 1. The molecular weight excluding hydrogens is 356 g/mol. The molecule has 1 aliphatic rings. The molecule has 1 heterocycles. The molecule has 0 bridgehead atoms. The van der Waals surface area contributed by atoms with Crippen molar-refractivity contribution in [3.05, 3.63) is 29.8 Å². The van der Waals surface area contributed by atoms with Crippen molar-refractivity contribution in [3.8, 4) is 5.75 Å². The van der Waals surface area contributed by atoms with Crippen molar-refractivity contribution < 1.29 is 14.3 Å². The van der Waals surface area contributed by atoms with Crippen molar-refractivity contribution in [2.45, 2.75) is 52.2 Å². The van der Waals surface area contributed by atoms with Crippen molar-refractivity contribution in [2.24, 2.45) is 4.99 Å². The number of amides is 1. The summed E-state index contributed by atoms with van der Waals surface area (Å²) in [5.41, 5.74) is 0.660. The highest BCUT2D eigenvalue weighted by atomic mass is 16.6. The van der Waals surface area contributed by atoms with Crippen LogP contribution in [-0.4, -0.2) is 61.9 Å². The molecule has 28 heavy (non-hydrogen) atoms. The molecule has 1 aromatic carbocycles. The number of hydrogen-bond donors (Lipinski definition) is 2. The number of para-hydroxylation sites is 1. The lowest BCUT2D eigenvalue weighted by molar-refractivity contribution is 0.0507. The molecule has 2 rings (SSSR count). The summed E-state index contributed by atoms with van der Waals surface area (Å²) in [5.74, 6) is 1.77. The van der Waals surface area contributed by atoms with Gasteiger partial charge < -0.3 is 25.0 Å². The lowest BCUT2D eigenvalue weighted by Gasteiger charge is -2.23. The average Bonchev–Trinajstić information content (AvgIpc) is 3.08. The fourth-order valence-corrected chi connectivity index (χ4v) is 3.16. The summed E-state index contributed by atoms with van der Waals surface area (Å²) < 4.78 is 10.8. The Bertz CT molecular complexity index is 670. The van der Waals surface area contributed by atoms with Gasteiger partial charge in [-0.25, -0.2) is 4.79 Å². The van der Waals surface area contributed by atoms with Crippen LogP contribution in [0.3, 0.4) is 0 Å². The molecule has 7 nitrogen and oxygen atoms in total. The minimum Gasteiger partial charge on any atom is -0.496 e. The van der Waals surface area contributed by atoms with E-state index in [-0.39, 0.29) is 12.1 Å². The number of carbonyl (C=O) groups is 1. The van der Waals surface area contributed by atoms with Gasteiger partial charge in [-0.3, -0.25) is 4.99 Å². The fourth-order valence-electron chi connectivity index (χ4n) is 3.16. The summed E-state index contributed by atoms with van der Waals surface area (Å²) in [7, 11) is 1.69. The van der Waals surface area contributed by atoms with Crippen LogP contribution in [0.4, 0.5) is 4.79 Å². The molecule has 0 spiro atoms. The fraction of sp³-hybridized carbons (Fsp3) is 0.619. The lowest BCUT2D eigenvalue weighted by Crippen LogP contribution is -2.44. The summed E-state index contributed by atoms with van der Waals surface area (Å²) >= 11 is 0. The standard InChI is InChI=1S/C21H34N4O3/c1-6-22-19(23-13-11-16-9-7-8-10-18(16)27-5)25-14-12-17(15-25)24-20(26)28-21(2,3)4/h7-10,17H,6,11-15H2,1-5H3,(H,22,23)(H,24,26). The molecule has 156 valence electrons. The lowest BCUT2D eigenvalue weighted by atomic mass is 10.1. The zero-order chi connectivity index (χ0) is 20.6. The predicted molar refractivity (Wildman–Crippen MR) is 112 cm³/mol. The van der Waals surface area contributed by atoms with E-state index in [9.17, 15) is 4.79 Å². The number of likely N-dealkylation sites (tertiary alicyclic amines) is 1. The second kappa shape index (κ2) is 10.2. The zero-order valence-electron chi connectivity index (χ0n) is 17.7. The Morgan fingerprint density at radius 2 is 2.07 bits per heavy atom. The predicted octanol–water partition coefficient (Wildman–Crippen LogP) is 2.80. The molecule has 7 heteroatoms. The van der Waals surface area contributed by atoms with Gasteiger partial charge in [0.05, 0.1) is 13.2 Å². The summed E-state index contributed by atoms with van der Waals surface area (Å²) in [6, 6.07) is 8.08. The van der Waals surface area contributed by atoms with E-state index in [1.54, 1.807) is 7.11 Å². The van der Waals surface area contributed by atoms with Crippen molar-refractivity contribution in [2.75, 3.05) is 33.3 Å². The largest absolute Gasteiger partial charge is 0.496 e. The normalized spacial score (nSPS) is 17.4. The quantitative estimate of drug-likeness (QED) is 0.577. The third-order valence-corrected chi connectivity index (χ3v) is 4.38. The number of hydrogen-bond acceptors (Lipinski definition) is 4. The highest BCUT2D eigenvalue weighted by Crippen LogP contribution is 2.18. The Kier molecular flexibility index (Phi) is 7.96. The van der Waals surface area contributed by atoms with Crippen LogP contribution in [0, 0.1) is 0 Å². The number of rotatable bonds is 6. The molecule has 1 unspecified atom stereocenters. The topological polar surface area (TPSA) is 75.2 Å². The Balaban J connectivity index is 1.91. The van der Waals surface area contributed by atoms with Crippen molar-refractivity contribution in [1.82, 2.24) is 15.5 Å². The Morgan fingerprint density at radius 1 is 1.32 bits per heavy atom. The number of guanidine groups is 1. The van der Waals surface area contributed by atoms with Crippen molar-refractivity contribution in [3.63, 3.8) is 0 Å². The maximum atomic E-state index is 12.0. The molecule has 2 N–H and O–H groups in total. The third-order valence-electron chi connectivity index (χ3n) is 4.38. The van der Waals surface area contributed by atoms with E-state index < -0.39 is 5.60 Å². The van der Waals surface area contributed by atoms with E-state index in [0.717, 1.165) is 49.7 Å². The van der Waals surface area contributed by atoms with Crippen LogP contribution in [0.1, 0.15) is 39.7 Å². The van der Waals surface area contributed by atoms with Crippen LogP contribution in [0.25, 0.3) is 0 Å². The molecule has 1 atom stereocenters. The molecular formula is C21H34N4O3.